The van der Waals surface area contributed by atoms with Gasteiger partial charge in [0, 0.05) is 39.3 Å². The van der Waals surface area contributed by atoms with Gasteiger partial charge in [0.05, 0.1) is 27.7 Å². The number of hydrogen-bond acceptors (Lipinski definition) is 9. The Labute approximate surface area is 171 Å². The molecule has 1 aliphatic rings. The molecule has 1 aliphatic heterocycles. The zero-order valence-electron chi connectivity index (χ0n) is 16.6. The lowest BCUT2D eigenvalue weighted by Crippen LogP contribution is -2.31. The number of piperidine rings is 1. The zero-order chi connectivity index (χ0) is 21.8. The highest BCUT2D eigenvalue weighted by Crippen LogP contribution is 2.27. The molecule has 0 atom stereocenters. The van der Waals surface area contributed by atoms with Crippen LogP contribution in [0.1, 0.15) is 29.6 Å². The number of amides is 1. The molecule has 0 unspecified atom stereocenters. The molecule has 12 heteroatoms. The van der Waals surface area contributed by atoms with E-state index in [1.807, 2.05) is 0 Å². The molecule has 0 saturated carbocycles. The summed E-state index contributed by atoms with van der Waals surface area (Å²) in [5.41, 5.74) is -1.00. The van der Waals surface area contributed by atoms with E-state index < -0.39 is 27.1 Å². The maximum atomic E-state index is 12.7. The SMILES string of the molecule is CN(C)c1nc(N2CCCCC2)ncc1NC(=O)c1cc([N+](=O)[O-])cc([N+](=O)[O-])c1. The van der Waals surface area contributed by atoms with Crippen molar-refractivity contribution in [3.05, 3.63) is 50.2 Å². The molecule has 12 nitrogen and oxygen atoms in total. The number of carbonyl (C=O) groups is 1. The highest BCUT2D eigenvalue weighted by molar-refractivity contribution is 6.06. The number of hydrogen-bond donors (Lipinski definition) is 1. The molecule has 0 aliphatic carbocycles. The minimum atomic E-state index is -0.786. The van der Waals surface area contributed by atoms with E-state index in [2.05, 4.69) is 20.2 Å². The summed E-state index contributed by atoms with van der Waals surface area (Å²) >= 11 is 0. The minimum absolute atomic E-state index is 0.208. The molecule has 1 aromatic heterocycles. The Morgan fingerprint density at radius 2 is 1.67 bits per heavy atom. The Balaban J connectivity index is 1.90. The number of aromatic nitrogens is 2. The number of non-ortho nitro benzene ring substituents is 2. The summed E-state index contributed by atoms with van der Waals surface area (Å²) in [7, 11) is 3.52. The van der Waals surface area contributed by atoms with Crippen LogP contribution in [0.5, 0.6) is 0 Å². The van der Waals surface area contributed by atoms with Gasteiger partial charge in [0.2, 0.25) is 5.95 Å². The second-order valence-corrected chi connectivity index (χ2v) is 7.06. The van der Waals surface area contributed by atoms with E-state index in [1.165, 1.54) is 12.6 Å². The summed E-state index contributed by atoms with van der Waals surface area (Å²) in [6.07, 6.45) is 4.76. The smallest absolute Gasteiger partial charge is 0.277 e. The average molecular weight is 415 g/mol. The van der Waals surface area contributed by atoms with Gasteiger partial charge < -0.3 is 15.1 Å². The quantitative estimate of drug-likeness (QED) is 0.555. The van der Waals surface area contributed by atoms with Crippen molar-refractivity contribution in [2.75, 3.05) is 42.3 Å². The fourth-order valence-electron chi connectivity index (χ4n) is 3.17. The lowest BCUT2D eigenvalue weighted by atomic mass is 10.1. The summed E-state index contributed by atoms with van der Waals surface area (Å²) in [6, 6.07) is 2.78. The topological polar surface area (TPSA) is 148 Å². The molecule has 1 amide bonds. The van der Waals surface area contributed by atoms with Crippen LogP contribution in [-0.2, 0) is 0 Å². The van der Waals surface area contributed by atoms with E-state index >= 15 is 0 Å². The summed E-state index contributed by atoms with van der Waals surface area (Å²) in [4.78, 5) is 45.9. The van der Waals surface area contributed by atoms with Gasteiger partial charge >= 0.3 is 0 Å². The zero-order valence-corrected chi connectivity index (χ0v) is 16.6. The van der Waals surface area contributed by atoms with Crippen LogP contribution >= 0.6 is 0 Å². The molecule has 2 heterocycles. The van der Waals surface area contributed by atoms with Crippen LogP contribution in [0.25, 0.3) is 0 Å². The first kappa shape index (κ1) is 20.9. The largest absolute Gasteiger partial charge is 0.361 e. The van der Waals surface area contributed by atoms with Gasteiger partial charge in [-0.2, -0.15) is 4.98 Å². The van der Waals surface area contributed by atoms with Crippen LogP contribution < -0.4 is 15.1 Å². The van der Waals surface area contributed by atoms with Gasteiger partial charge in [-0.15, -0.1) is 0 Å². The number of nitrogens with one attached hydrogen (secondary N) is 1. The lowest BCUT2D eigenvalue weighted by Gasteiger charge is -2.28. The van der Waals surface area contributed by atoms with E-state index in [1.54, 1.807) is 19.0 Å². The summed E-state index contributed by atoms with van der Waals surface area (Å²) < 4.78 is 0. The highest BCUT2D eigenvalue weighted by Gasteiger charge is 2.22. The summed E-state index contributed by atoms with van der Waals surface area (Å²) in [6.45, 7) is 1.71. The molecule has 0 bridgehead atoms. The van der Waals surface area contributed by atoms with Crippen molar-refractivity contribution in [1.82, 2.24) is 9.97 Å². The third-order valence-corrected chi connectivity index (χ3v) is 4.65. The van der Waals surface area contributed by atoms with E-state index in [0.29, 0.717) is 17.5 Å². The predicted octanol–water partition coefficient (Wildman–Crippen LogP) is 2.60. The molecule has 3 rings (SSSR count). The second kappa shape index (κ2) is 8.68. The van der Waals surface area contributed by atoms with Crippen LogP contribution in [0.3, 0.4) is 0 Å². The summed E-state index contributed by atoms with van der Waals surface area (Å²) in [5.74, 6) is 0.278. The molecular formula is C18H21N7O5. The minimum Gasteiger partial charge on any atom is -0.361 e. The number of benzene rings is 1. The monoisotopic (exact) mass is 415 g/mol. The maximum Gasteiger partial charge on any atom is 0.277 e. The maximum absolute atomic E-state index is 12.7. The molecule has 30 heavy (non-hydrogen) atoms. The Hall–Kier alpha value is -3.83. The molecule has 0 radical (unpaired) electrons. The highest BCUT2D eigenvalue weighted by atomic mass is 16.6. The molecule has 158 valence electrons. The molecule has 2 aromatic rings. The van der Waals surface area contributed by atoms with Crippen molar-refractivity contribution in [2.24, 2.45) is 0 Å². The van der Waals surface area contributed by atoms with E-state index in [-0.39, 0.29) is 5.56 Å². The Morgan fingerprint density at radius 1 is 1.07 bits per heavy atom. The molecule has 1 aromatic carbocycles. The van der Waals surface area contributed by atoms with Gasteiger partial charge in [0.1, 0.15) is 5.69 Å². The van der Waals surface area contributed by atoms with Gasteiger partial charge in [-0.25, -0.2) is 4.98 Å². The number of rotatable bonds is 6. The summed E-state index contributed by atoms with van der Waals surface area (Å²) in [5, 5.41) is 24.7. The Kier molecular flexibility index (Phi) is 6.04. The fraction of sp³-hybridized carbons (Fsp3) is 0.389. The number of nitro groups is 2. The van der Waals surface area contributed by atoms with Crippen molar-refractivity contribution in [3.63, 3.8) is 0 Å². The van der Waals surface area contributed by atoms with Gasteiger partial charge in [0.25, 0.3) is 17.3 Å². The van der Waals surface area contributed by atoms with Crippen LogP contribution in [0, 0.1) is 20.2 Å². The van der Waals surface area contributed by atoms with E-state index in [9.17, 15) is 25.0 Å². The average Bonchev–Trinajstić information content (AvgIpc) is 2.74. The molecular weight excluding hydrogens is 394 g/mol. The number of carbonyl (C=O) groups excluding carboxylic acids is 1. The number of nitro benzene ring substituents is 2. The van der Waals surface area contributed by atoms with Crippen LogP contribution in [0.2, 0.25) is 0 Å². The van der Waals surface area contributed by atoms with Crippen molar-refractivity contribution in [3.8, 4) is 0 Å². The van der Waals surface area contributed by atoms with Gasteiger partial charge in [0.15, 0.2) is 5.82 Å². The third-order valence-electron chi connectivity index (χ3n) is 4.65. The van der Waals surface area contributed by atoms with Gasteiger partial charge in [-0.05, 0) is 19.3 Å². The first-order valence-electron chi connectivity index (χ1n) is 9.31. The van der Waals surface area contributed by atoms with Crippen LogP contribution in [-0.4, -0.2) is 52.9 Å². The molecule has 1 N–H and O–H groups in total. The number of nitrogens with zero attached hydrogens (tertiary/aromatic N) is 6. The first-order valence-corrected chi connectivity index (χ1v) is 9.31. The Morgan fingerprint density at radius 3 is 2.20 bits per heavy atom. The molecule has 0 spiro atoms. The third kappa shape index (κ3) is 4.59. The lowest BCUT2D eigenvalue weighted by molar-refractivity contribution is -0.394. The van der Waals surface area contributed by atoms with Crippen LogP contribution in [0.15, 0.2) is 24.4 Å². The molecule has 1 saturated heterocycles. The fourth-order valence-corrected chi connectivity index (χ4v) is 3.17. The normalized spacial score (nSPS) is 13.6. The predicted molar refractivity (Wildman–Crippen MR) is 110 cm³/mol. The van der Waals surface area contributed by atoms with Gasteiger partial charge in [-0.1, -0.05) is 0 Å². The first-order chi connectivity index (χ1) is 14.3. The van der Waals surface area contributed by atoms with E-state index in [4.69, 9.17) is 0 Å². The Bertz CT molecular complexity index is 957. The van der Waals surface area contributed by atoms with Gasteiger partial charge in [-0.3, -0.25) is 25.0 Å². The standard InChI is InChI=1S/C18H21N7O5/c1-22(2)16-15(11-19-18(21-16)23-6-4-3-5-7-23)20-17(26)12-8-13(24(27)28)10-14(9-12)25(29)30/h8-11H,3-7H2,1-2H3,(H,20,26). The van der Waals surface area contributed by atoms with E-state index in [0.717, 1.165) is 44.1 Å². The van der Waals surface area contributed by atoms with Crippen molar-refractivity contribution in [1.29, 1.82) is 0 Å². The van der Waals surface area contributed by atoms with Crippen LogP contribution in [0.4, 0.5) is 28.8 Å². The van der Waals surface area contributed by atoms with Crippen molar-refractivity contribution < 1.29 is 14.6 Å². The second-order valence-electron chi connectivity index (χ2n) is 7.06. The number of anilines is 3. The van der Waals surface area contributed by atoms with Crippen molar-refractivity contribution >= 4 is 34.7 Å². The van der Waals surface area contributed by atoms with Crippen molar-refractivity contribution in [2.45, 2.75) is 19.3 Å². The molecule has 1 fully saturated rings.